The van der Waals surface area contributed by atoms with Gasteiger partial charge in [-0.2, -0.15) is 5.10 Å². The lowest BCUT2D eigenvalue weighted by Crippen LogP contribution is -1.97. The predicted octanol–water partition coefficient (Wildman–Crippen LogP) is 6.02. The number of ether oxygens (including phenoxy) is 1. The first-order valence-corrected chi connectivity index (χ1v) is 9.68. The van der Waals surface area contributed by atoms with Crippen molar-refractivity contribution in [2.75, 3.05) is 5.43 Å². The monoisotopic (exact) mass is 431 g/mol. The molecule has 0 atom stereocenters. The molecule has 4 nitrogen and oxygen atoms in total. The number of aromatic nitrogens is 1. The van der Waals surface area contributed by atoms with E-state index in [2.05, 4.69) is 31.4 Å². The number of hydrazone groups is 1. The van der Waals surface area contributed by atoms with E-state index in [-0.39, 0.29) is 0 Å². The first-order valence-electron chi connectivity index (χ1n) is 8.89. The molecule has 0 saturated heterocycles. The molecule has 28 heavy (non-hydrogen) atoms. The van der Waals surface area contributed by atoms with Gasteiger partial charge in [0.2, 0.25) is 0 Å². The molecule has 1 heterocycles. The van der Waals surface area contributed by atoms with Crippen LogP contribution in [0.5, 0.6) is 5.75 Å². The van der Waals surface area contributed by atoms with Crippen molar-refractivity contribution >= 4 is 38.9 Å². The Hall–Kier alpha value is -3.18. The molecular formula is C23H18BrN3O. The van der Waals surface area contributed by atoms with Gasteiger partial charge in [0.05, 0.1) is 16.2 Å². The summed E-state index contributed by atoms with van der Waals surface area (Å²) in [5, 5.41) is 5.39. The van der Waals surface area contributed by atoms with Gasteiger partial charge in [-0.05, 0) is 63.5 Å². The van der Waals surface area contributed by atoms with Gasteiger partial charge in [-0.3, -0.25) is 5.43 Å². The number of hydrogen-bond acceptors (Lipinski definition) is 4. The standard InChI is InChI=1S/C23H18BrN3O/c24-20-14-18(10-12-22(20)28-16-17-6-2-1-3-7-17)15-25-27-23-13-11-19-8-4-5-9-21(19)26-23/h1-15H,16H2,(H,26,27)/b25-15-. The third-order valence-electron chi connectivity index (χ3n) is 4.18. The summed E-state index contributed by atoms with van der Waals surface area (Å²) >= 11 is 3.57. The molecule has 0 aliphatic carbocycles. The largest absolute Gasteiger partial charge is 0.488 e. The molecule has 1 aromatic heterocycles. The number of fused-ring (bicyclic) bond motifs is 1. The summed E-state index contributed by atoms with van der Waals surface area (Å²) in [6.07, 6.45) is 1.75. The first kappa shape index (κ1) is 18.2. The molecular weight excluding hydrogens is 414 g/mol. The third kappa shape index (κ3) is 4.56. The maximum atomic E-state index is 5.88. The van der Waals surface area contributed by atoms with E-state index in [1.54, 1.807) is 6.21 Å². The fraction of sp³-hybridized carbons (Fsp3) is 0.0435. The summed E-state index contributed by atoms with van der Waals surface area (Å²) in [4.78, 5) is 4.54. The van der Waals surface area contributed by atoms with Crippen molar-refractivity contribution in [3.63, 3.8) is 0 Å². The average Bonchev–Trinajstić information content (AvgIpc) is 2.74. The molecule has 0 aliphatic heterocycles. The first-order chi connectivity index (χ1) is 13.8. The van der Waals surface area contributed by atoms with Crippen LogP contribution in [0.25, 0.3) is 10.9 Å². The van der Waals surface area contributed by atoms with E-state index in [9.17, 15) is 0 Å². The number of rotatable bonds is 6. The van der Waals surface area contributed by atoms with Crippen molar-refractivity contribution in [2.45, 2.75) is 6.61 Å². The Kier molecular flexibility index (Phi) is 5.64. The summed E-state index contributed by atoms with van der Waals surface area (Å²) < 4.78 is 6.76. The zero-order chi connectivity index (χ0) is 19.2. The van der Waals surface area contributed by atoms with Gasteiger partial charge in [-0.25, -0.2) is 4.98 Å². The highest BCUT2D eigenvalue weighted by Crippen LogP contribution is 2.26. The van der Waals surface area contributed by atoms with Gasteiger partial charge in [-0.15, -0.1) is 0 Å². The second kappa shape index (κ2) is 8.67. The Morgan fingerprint density at radius 3 is 2.61 bits per heavy atom. The van der Waals surface area contributed by atoms with Crippen LogP contribution >= 0.6 is 15.9 Å². The third-order valence-corrected chi connectivity index (χ3v) is 4.80. The highest BCUT2D eigenvalue weighted by atomic mass is 79.9. The molecule has 0 radical (unpaired) electrons. The molecule has 0 bridgehead atoms. The minimum atomic E-state index is 0.530. The number of para-hydroxylation sites is 1. The summed E-state index contributed by atoms with van der Waals surface area (Å²) in [7, 11) is 0. The van der Waals surface area contributed by atoms with Crippen molar-refractivity contribution in [3.8, 4) is 5.75 Å². The van der Waals surface area contributed by atoms with Crippen molar-refractivity contribution < 1.29 is 4.74 Å². The van der Waals surface area contributed by atoms with Crippen LogP contribution in [0.1, 0.15) is 11.1 Å². The fourth-order valence-electron chi connectivity index (χ4n) is 2.75. The molecule has 3 aromatic carbocycles. The molecule has 4 rings (SSSR count). The lowest BCUT2D eigenvalue weighted by atomic mass is 10.2. The van der Waals surface area contributed by atoms with Gasteiger partial charge >= 0.3 is 0 Å². The minimum Gasteiger partial charge on any atom is -0.488 e. The Labute approximate surface area is 172 Å². The van der Waals surface area contributed by atoms with Crippen molar-refractivity contribution in [1.82, 2.24) is 4.98 Å². The minimum absolute atomic E-state index is 0.530. The lowest BCUT2D eigenvalue weighted by molar-refractivity contribution is 0.304. The molecule has 0 amide bonds. The molecule has 138 valence electrons. The number of hydrogen-bond donors (Lipinski definition) is 1. The van der Waals surface area contributed by atoms with Gasteiger partial charge in [0.1, 0.15) is 18.2 Å². The van der Waals surface area contributed by atoms with E-state index >= 15 is 0 Å². The molecule has 0 unspecified atom stereocenters. The molecule has 1 N–H and O–H groups in total. The van der Waals surface area contributed by atoms with Gasteiger partial charge in [0.25, 0.3) is 0 Å². The summed E-state index contributed by atoms with van der Waals surface area (Å²) in [6, 6.07) is 27.9. The Bertz CT molecular complexity index is 1110. The van der Waals surface area contributed by atoms with Crippen LogP contribution in [0.4, 0.5) is 5.82 Å². The average molecular weight is 432 g/mol. The number of halogens is 1. The summed E-state index contributed by atoms with van der Waals surface area (Å²) in [6.45, 7) is 0.530. The fourth-order valence-corrected chi connectivity index (χ4v) is 3.26. The van der Waals surface area contributed by atoms with Crippen molar-refractivity contribution in [3.05, 3.63) is 101 Å². The van der Waals surface area contributed by atoms with E-state index < -0.39 is 0 Å². The van der Waals surface area contributed by atoms with E-state index in [1.807, 2.05) is 84.9 Å². The van der Waals surface area contributed by atoms with Crippen LogP contribution in [-0.2, 0) is 6.61 Å². The van der Waals surface area contributed by atoms with Crippen LogP contribution in [-0.4, -0.2) is 11.2 Å². The Morgan fingerprint density at radius 2 is 1.75 bits per heavy atom. The Morgan fingerprint density at radius 1 is 0.929 bits per heavy atom. The van der Waals surface area contributed by atoms with Crippen LogP contribution in [0.2, 0.25) is 0 Å². The van der Waals surface area contributed by atoms with Crippen LogP contribution in [0.15, 0.2) is 94.5 Å². The van der Waals surface area contributed by atoms with Gasteiger partial charge in [-0.1, -0.05) is 48.5 Å². The van der Waals surface area contributed by atoms with Crippen molar-refractivity contribution in [1.29, 1.82) is 0 Å². The van der Waals surface area contributed by atoms with E-state index in [0.717, 1.165) is 32.3 Å². The second-order valence-corrected chi connectivity index (χ2v) is 7.08. The number of pyridine rings is 1. The molecule has 4 aromatic rings. The number of benzene rings is 3. The zero-order valence-corrected chi connectivity index (χ0v) is 16.6. The predicted molar refractivity (Wildman–Crippen MR) is 118 cm³/mol. The quantitative estimate of drug-likeness (QED) is 0.299. The Balaban J connectivity index is 1.39. The summed E-state index contributed by atoms with van der Waals surface area (Å²) in [5.74, 6) is 1.50. The SMILES string of the molecule is Brc1cc(/C=N\Nc2ccc3ccccc3n2)ccc1OCc1ccccc1. The number of anilines is 1. The van der Waals surface area contributed by atoms with Crippen LogP contribution in [0.3, 0.4) is 0 Å². The maximum absolute atomic E-state index is 5.88. The molecule has 0 spiro atoms. The maximum Gasteiger partial charge on any atom is 0.146 e. The zero-order valence-electron chi connectivity index (χ0n) is 15.0. The highest BCUT2D eigenvalue weighted by Gasteiger charge is 2.03. The van der Waals surface area contributed by atoms with E-state index in [1.165, 1.54) is 0 Å². The molecule has 0 fully saturated rings. The molecule has 0 aliphatic rings. The summed E-state index contributed by atoms with van der Waals surface area (Å²) in [5.41, 5.74) is 6.00. The second-order valence-electron chi connectivity index (χ2n) is 6.22. The normalized spacial score (nSPS) is 11.0. The molecule has 5 heteroatoms. The van der Waals surface area contributed by atoms with Crippen LogP contribution in [0, 0.1) is 0 Å². The van der Waals surface area contributed by atoms with Crippen molar-refractivity contribution in [2.24, 2.45) is 5.10 Å². The van der Waals surface area contributed by atoms with E-state index in [0.29, 0.717) is 12.4 Å². The van der Waals surface area contributed by atoms with Gasteiger partial charge in [0, 0.05) is 5.39 Å². The van der Waals surface area contributed by atoms with Crippen LogP contribution < -0.4 is 10.2 Å². The van der Waals surface area contributed by atoms with Gasteiger partial charge in [0.15, 0.2) is 0 Å². The highest BCUT2D eigenvalue weighted by molar-refractivity contribution is 9.10. The van der Waals surface area contributed by atoms with Gasteiger partial charge < -0.3 is 4.74 Å². The number of nitrogens with zero attached hydrogens (tertiary/aromatic N) is 2. The van der Waals surface area contributed by atoms with E-state index in [4.69, 9.17) is 4.74 Å². The smallest absolute Gasteiger partial charge is 0.146 e. The number of nitrogens with one attached hydrogen (secondary N) is 1. The molecule has 0 saturated carbocycles. The topological polar surface area (TPSA) is 46.5 Å². The lowest BCUT2D eigenvalue weighted by Gasteiger charge is -2.09.